The molecule has 1 aliphatic heterocycles. The summed E-state index contributed by atoms with van der Waals surface area (Å²) in [5, 5.41) is 2.87. The standard InChI is InChI=1S/C22H27N3O4S/c1-3-16-29-21-10-8-20(9-11-21)23-22(26)19-6-4-18(5-7-19)17-24-12-14-25(15-13-24)30(2,27)28/h3-11H,1,12-17H2,2H3,(H,23,26). The van der Waals surface area contributed by atoms with Crippen molar-refractivity contribution in [3.05, 3.63) is 72.3 Å². The molecule has 160 valence electrons. The van der Waals surface area contributed by atoms with Gasteiger partial charge in [0.05, 0.1) is 6.26 Å². The average Bonchev–Trinajstić information content (AvgIpc) is 2.73. The molecule has 1 aliphatic rings. The summed E-state index contributed by atoms with van der Waals surface area (Å²) in [7, 11) is -3.12. The molecule has 0 atom stereocenters. The lowest BCUT2D eigenvalue weighted by Crippen LogP contribution is -2.47. The van der Waals surface area contributed by atoms with E-state index in [1.807, 2.05) is 12.1 Å². The van der Waals surface area contributed by atoms with Gasteiger partial charge < -0.3 is 10.1 Å². The fraction of sp³-hybridized carbons (Fsp3) is 0.318. The third kappa shape index (κ3) is 6.16. The first-order valence-electron chi connectivity index (χ1n) is 9.77. The van der Waals surface area contributed by atoms with Crippen molar-refractivity contribution in [2.45, 2.75) is 6.54 Å². The Kier molecular flexibility index (Phi) is 7.25. The molecule has 30 heavy (non-hydrogen) atoms. The minimum Gasteiger partial charge on any atom is -0.490 e. The smallest absolute Gasteiger partial charge is 0.255 e. The zero-order valence-electron chi connectivity index (χ0n) is 17.1. The number of nitrogens with one attached hydrogen (secondary N) is 1. The Hall–Kier alpha value is -2.68. The number of carbonyl (C=O) groups is 1. The Labute approximate surface area is 178 Å². The van der Waals surface area contributed by atoms with Crippen LogP contribution in [0.5, 0.6) is 5.75 Å². The lowest BCUT2D eigenvalue weighted by Gasteiger charge is -2.33. The first-order chi connectivity index (χ1) is 14.3. The van der Waals surface area contributed by atoms with E-state index >= 15 is 0 Å². The molecule has 1 heterocycles. The Morgan fingerprint density at radius 2 is 1.70 bits per heavy atom. The molecule has 1 amide bonds. The quantitative estimate of drug-likeness (QED) is 0.653. The molecule has 7 nitrogen and oxygen atoms in total. The number of anilines is 1. The monoisotopic (exact) mass is 429 g/mol. The Bertz CT molecular complexity index is 964. The van der Waals surface area contributed by atoms with Gasteiger partial charge in [0, 0.05) is 44.0 Å². The van der Waals surface area contributed by atoms with Gasteiger partial charge in [0.1, 0.15) is 12.4 Å². The van der Waals surface area contributed by atoms with Gasteiger partial charge in [0.25, 0.3) is 5.91 Å². The van der Waals surface area contributed by atoms with Crippen molar-refractivity contribution in [1.29, 1.82) is 0 Å². The molecule has 0 aromatic heterocycles. The molecule has 0 unspecified atom stereocenters. The van der Waals surface area contributed by atoms with Crippen LogP contribution in [0.1, 0.15) is 15.9 Å². The summed E-state index contributed by atoms with van der Waals surface area (Å²) < 4.78 is 30.1. The van der Waals surface area contributed by atoms with Crippen LogP contribution < -0.4 is 10.1 Å². The first kappa shape index (κ1) is 22.0. The summed E-state index contributed by atoms with van der Waals surface area (Å²) in [6.07, 6.45) is 2.92. The number of amides is 1. The highest BCUT2D eigenvalue weighted by atomic mass is 32.2. The van der Waals surface area contributed by atoms with E-state index in [9.17, 15) is 13.2 Å². The molecule has 0 spiro atoms. The fourth-order valence-corrected chi connectivity index (χ4v) is 4.06. The maximum Gasteiger partial charge on any atom is 0.255 e. The molecule has 0 radical (unpaired) electrons. The molecule has 3 rings (SSSR count). The first-order valence-corrected chi connectivity index (χ1v) is 11.6. The zero-order chi connectivity index (χ0) is 21.6. The van der Waals surface area contributed by atoms with Crippen LogP contribution in [0.25, 0.3) is 0 Å². The molecule has 1 N–H and O–H groups in total. The Morgan fingerprint density at radius 3 is 2.27 bits per heavy atom. The van der Waals surface area contributed by atoms with Crippen LogP contribution >= 0.6 is 0 Å². The van der Waals surface area contributed by atoms with Gasteiger partial charge in [-0.2, -0.15) is 4.31 Å². The predicted octanol–water partition coefficient (Wildman–Crippen LogP) is 2.58. The van der Waals surface area contributed by atoms with Gasteiger partial charge in [-0.25, -0.2) is 8.42 Å². The Balaban J connectivity index is 1.51. The van der Waals surface area contributed by atoms with Crippen molar-refractivity contribution in [1.82, 2.24) is 9.21 Å². The molecular formula is C22H27N3O4S. The lowest BCUT2D eigenvalue weighted by atomic mass is 10.1. The van der Waals surface area contributed by atoms with Gasteiger partial charge in [-0.3, -0.25) is 9.69 Å². The predicted molar refractivity (Wildman–Crippen MR) is 118 cm³/mol. The van der Waals surface area contributed by atoms with Crippen molar-refractivity contribution in [3.63, 3.8) is 0 Å². The van der Waals surface area contributed by atoms with E-state index in [-0.39, 0.29) is 5.91 Å². The van der Waals surface area contributed by atoms with Crippen molar-refractivity contribution in [3.8, 4) is 5.75 Å². The van der Waals surface area contributed by atoms with Crippen LogP contribution in [0, 0.1) is 0 Å². The van der Waals surface area contributed by atoms with E-state index < -0.39 is 10.0 Å². The van der Waals surface area contributed by atoms with Crippen molar-refractivity contribution < 1.29 is 17.9 Å². The van der Waals surface area contributed by atoms with E-state index in [0.717, 1.165) is 17.9 Å². The van der Waals surface area contributed by atoms with Gasteiger partial charge in [0.15, 0.2) is 0 Å². The van der Waals surface area contributed by atoms with Crippen LogP contribution in [-0.2, 0) is 16.6 Å². The van der Waals surface area contributed by atoms with E-state index in [4.69, 9.17) is 4.74 Å². The van der Waals surface area contributed by atoms with E-state index in [1.165, 1.54) is 10.6 Å². The molecule has 1 fully saturated rings. The molecule has 1 saturated heterocycles. The minimum atomic E-state index is -3.12. The maximum atomic E-state index is 12.5. The molecule has 0 bridgehead atoms. The summed E-state index contributed by atoms with van der Waals surface area (Å²) >= 11 is 0. The van der Waals surface area contributed by atoms with Crippen LogP contribution in [-0.4, -0.2) is 62.6 Å². The van der Waals surface area contributed by atoms with Crippen molar-refractivity contribution in [2.75, 3.05) is 44.4 Å². The van der Waals surface area contributed by atoms with Crippen LogP contribution in [0.2, 0.25) is 0 Å². The number of sulfonamides is 1. The van der Waals surface area contributed by atoms with Crippen LogP contribution in [0.3, 0.4) is 0 Å². The molecule has 0 aliphatic carbocycles. The third-order valence-corrected chi connectivity index (χ3v) is 6.21. The second-order valence-electron chi connectivity index (χ2n) is 7.21. The topological polar surface area (TPSA) is 79.0 Å². The normalized spacial score (nSPS) is 15.5. The number of nitrogens with zero attached hydrogens (tertiary/aromatic N) is 2. The van der Waals surface area contributed by atoms with Crippen LogP contribution in [0.15, 0.2) is 61.2 Å². The van der Waals surface area contributed by atoms with Gasteiger partial charge >= 0.3 is 0 Å². The highest BCUT2D eigenvalue weighted by Gasteiger charge is 2.23. The summed E-state index contributed by atoms with van der Waals surface area (Å²) in [4.78, 5) is 14.7. The molecule has 2 aromatic rings. The summed E-state index contributed by atoms with van der Waals surface area (Å²) in [6, 6.07) is 14.7. The molecule has 8 heteroatoms. The number of carbonyl (C=O) groups excluding carboxylic acids is 1. The number of ether oxygens (including phenoxy) is 1. The van der Waals surface area contributed by atoms with Gasteiger partial charge in [-0.05, 0) is 42.0 Å². The SMILES string of the molecule is C=CCOc1ccc(NC(=O)c2ccc(CN3CCN(S(C)(=O)=O)CC3)cc2)cc1. The Morgan fingerprint density at radius 1 is 1.07 bits per heavy atom. The molecule has 2 aromatic carbocycles. The number of benzene rings is 2. The van der Waals surface area contributed by atoms with Crippen molar-refractivity contribution in [2.24, 2.45) is 0 Å². The second-order valence-corrected chi connectivity index (χ2v) is 9.20. The maximum absolute atomic E-state index is 12.5. The van der Waals surface area contributed by atoms with E-state index in [2.05, 4.69) is 16.8 Å². The van der Waals surface area contributed by atoms with Gasteiger partial charge in [-0.15, -0.1) is 0 Å². The van der Waals surface area contributed by atoms with Crippen molar-refractivity contribution >= 4 is 21.6 Å². The summed E-state index contributed by atoms with van der Waals surface area (Å²) in [5.74, 6) is 0.540. The fourth-order valence-electron chi connectivity index (χ4n) is 3.23. The number of rotatable bonds is 8. The average molecular weight is 430 g/mol. The van der Waals surface area contributed by atoms with Gasteiger partial charge in [-0.1, -0.05) is 24.8 Å². The highest BCUT2D eigenvalue weighted by molar-refractivity contribution is 7.88. The number of hydrogen-bond donors (Lipinski definition) is 1. The van der Waals surface area contributed by atoms with Gasteiger partial charge in [0.2, 0.25) is 10.0 Å². The largest absolute Gasteiger partial charge is 0.490 e. The summed E-state index contributed by atoms with van der Waals surface area (Å²) in [5.41, 5.74) is 2.36. The zero-order valence-corrected chi connectivity index (χ0v) is 17.9. The minimum absolute atomic E-state index is 0.178. The second kappa shape index (κ2) is 9.88. The third-order valence-electron chi connectivity index (χ3n) is 4.90. The van der Waals surface area contributed by atoms with E-state index in [1.54, 1.807) is 42.5 Å². The van der Waals surface area contributed by atoms with Crippen LogP contribution in [0.4, 0.5) is 5.69 Å². The molecular weight excluding hydrogens is 402 g/mol. The molecule has 0 saturated carbocycles. The van der Waals surface area contributed by atoms with E-state index in [0.29, 0.717) is 44.0 Å². The lowest BCUT2D eigenvalue weighted by molar-refractivity contribution is 0.102. The number of hydrogen-bond acceptors (Lipinski definition) is 5. The summed E-state index contributed by atoms with van der Waals surface area (Å²) in [6.45, 7) is 7.19. The highest BCUT2D eigenvalue weighted by Crippen LogP contribution is 2.17. The number of piperazine rings is 1.